The zero-order valence-corrected chi connectivity index (χ0v) is 16.5. The summed E-state index contributed by atoms with van der Waals surface area (Å²) < 4.78 is 11.6. The summed E-state index contributed by atoms with van der Waals surface area (Å²) in [4.78, 5) is 12.7. The Balaban J connectivity index is 1.27. The highest BCUT2D eigenvalue weighted by Crippen LogP contribution is 2.44. The zero-order chi connectivity index (χ0) is 18.8. The number of benzene rings is 1. The van der Waals surface area contributed by atoms with Gasteiger partial charge in [0, 0.05) is 50.0 Å². The smallest absolute Gasteiger partial charge is 0.119 e. The molecule has 0 saturated carbocycles. The van der Waals surface area contributed by atoms with Crippen LogP contribution in [0.15, 0.2) is 30.7 Å². The summed E-state index contributed by atoms with van der Waals surface area (Å²) in [5, 5.41) is 0. The van der Waals surface area contributed by atoms with Crippen LogP contribution >= 0.6 is 0 Å². The number of hydrogen-bond donors (Lipinski definition) is 1. The SMILES string of the molecule is c1ncc(C2CN3CCCC3c3cc(OCCCN4CCOCC4)ccc32)[nH]1. The van der Waals surface area contributed by atoms with E-state index < -0.39 is 0 Å². The Morgan fingerprint density at radius 1 is 1.18 bits per heavy atom. The number of nitrogens with one attached hydrogen (secondary N) is 1. The Morgan fingerprint density at radius 3 is 2.96 bits per heavy atom. The molecule has 0 spiro atoms. The quantitative estimate of drug-likeness (QED) is 0.779. The van der Waals surface area contributed by atoms with Crippen molar-refractivity contribution in [3.05, 3.63) is 47.5 Å². The van der Waals surface area contributed by atoms with E-state index >= 15 is 0 Å². The first-order valence-corrected chi connectivity index (χ1v) is 10.7. The maximum Gasteiger partial charge on any atom is 0.119 e. The molecule has 1 N–H and O–H groups in total. The number of morpholine rings is 1. The zero-order valence-electron chi connectivity index (χ0n) is 16.5. The minimum Gasteiger partial charge on any atom is -0.494 e. The molecule has 0 amide bonds. The Morgan fingerprint density at radius 2 is 2.11 bits per heavy atom. The Hall–Kier alpha value is -1.89. The highest BCUT2D eigenvalue weighted by atomic mass is 16.5. The summed E-state index contributed by atoms with van der Waals surface area (Å²) in [6, 6.07) is 7.29. The van der Waals surface area contributed by atoms with Crippen molar-refractivity contribution in [1.82, 2.24) is 19.8 Å². The summed E-state index contributed by atoms with van der Waals surface area (Å²) in [6.45, 7) is 7.96. The van der Waals surface area contributed by atoms with Crippen LogP contribution in [0.1, 0.15) is 48.0 Å². The van der Waals surface area contributed by atoms with E-state index in [1.807, 2.05) is 6.20 Å². The Bertz CT molecular complexity index is 773. The van der Waals surface area contributed by atoms with Gasteiger partial charge in [0.15, 0.2) is 0 Å². The second kappa shape index (κ2) is 8.23. The largest absolute Gasteiger partial charge is 0.494 e. The molecule has 5 rings (SSSR count). The van der Waals surface area contributed by atoms with Crippen molar-refractivity contribution in [2.45, 2.75) is 31.2 Å². The monoisotopic (exact) mass is 382 g/mol. The lowest BCUT2D eigenvalue weighted by Crippen LogP contribution is -2.37. The maximum absolute atomic E-state index is 6.14. The fraction of sp³-hybridized carbons (Fsp3) is 0.591. The molecule has 2 saturated heterocycles. The van der Waals surface area contributed by atoms with Crippen molar-refractivity contribution in [2.24, 2.45) is 0 Å². The van der Waals surface area contributed by atoms with E-state index in [-0.39, 0.29) is 0 Å². The van der Waals surface area contributed by atoms with Crippen molar-refractivity contribution in [1.29, 1.82) is 0 Å². The van der Waals surface area contributed by atoms with E-state index in [0.717, 1.165) is 58.2 Å². The second-order valence-electron chi connectivity index (χ2n) is 8.16. The van der Waals surface area contributed by atoms with E-state index in [9.17, 15) is 0 Å². The lowest BCUT2D eigenvalue weighted by atomic mass is 9.84. The lowest BCUT2D eigenvalue weighted by Gasteiger charge is -2.37. The maximum atomic E-state index is 6.14. The van der Waals surface area contributed by atoms with Crippen LogP contribution in [0.2, 0.25) is 0 Å². The average Bonchev–Trinajstić information content (AvgIpc) is 3.43. The molecular formula is C22H30N4O2. The van der Waals surface area contributed by atoms with Crippen LogP contribution in [0.3, 0.4) is 0 Å². The number of ether oxygens (including phenoxy) is 2. The van der Waals surface area contributed by atoms with Crippen LogP contribution in [0.5, 0.6) is 5.75 Å². The van der Waals surface area contributed by atoms with Gasteiger partial charge in [-0.05, 0) is 49.1 Å². The molecule has 6 heteroatoms. The second-order valence-corrected chi connectivity index (χ2v) is 8.16. The predicted molar refractivity (Wildman–Crippen MR) is 108 cm³/mol. The molecule has 6 nitrogen and oxygen atoms in total. The molecule has 0 bridgehead atoms. The number of imidazole rings is 1. The van der Waals surface area contributed by atoms with E-state index in [0.29, 0.717) is 12.0 Å². The third-order valence-electron chi connectivity index (χ3n) is 6.46. The normalized spacial score (nSPS) is 25.4. The summed E-state index contributed by atoms with van der Waals surface area (Å²) in [7, 11) is 0. The highest BCUT2D eigenvalue weighted by molar-refractivity contribution is 5.45. The molecule has 2 aromatic rings. The van der Waals surface area contributed by atoms with Crippen molar-refractivity contribution >= 4 is 0 Å². The van der Waals surface area contributed by atoms with Gasteiger partial charge in [-0.3, -0.25) is 9.80 Å². The minimum absolute atomic E-state index is 0.377. The minimum atomic E-state index is 0.377. The number of nitrogens with zero attached hydrogens (tertiary/aromatic N) is 3. The van der Waals surface area contributed by atoms with Crippen LogP contribution in [0.4, 0.5) is 0 Å². The molecule has 150 valence electrons. The van der Waals surface area contributed by atoms with Crippen LogP contribution in [-0.2, 0) is 4.74 Å². The molecule has 1 aromatic heterocycles. The first-order chi connectivity index (χ1) is 13.9. The third-order valence-corrected chi connectivity index (χ3v) is 6.46. The van der Waals surface area contributed by atoms with E-state index in [4.69, 9.17) is 9.47 Å². The van der Waals surface area contributed by atoms with Gasteiger partial charge in [0.2, 0.25) is 0 Å². The van der Waals surface area contributed by atoms with Crippen molar-refractivity contribution in [2.75, 3.05) is 52.5 Å². The number of fused-ring (bicyclic) bond motifs is 3. The van der Waals surface area contributed by atoms with E-state index in [2.05, 4.69) is 38.0 Å². The van der Waals surface area contributed by atoms with Gasteiger partial charge in [-0.25, -0.2) is 4.98 Å². The number of aromatic nitrogens is 2. The molecule has 0 radical (unpaired) electrons. The molecule has 4 heterocycles. The van der Waals surface area contributed by atoms with E-state index in [1.165, 1.54) is 36.2 Å². The van der Waals surface area contributed by atoms with Crippen molar-refractivity contribution < 1.29 is 9.47 Å². The highest BCUT2D eigenvalue weighted by Gasteiger charge is 2.37. The molecule has 1 aromatic carbocycles. The van der Waals surface area contributed by atoms with Crippen LogP contribution in [0.25, 0.3) is 0 Å². The van der Waals surface area contributed by atoms with Crippen LogP contribution in [-0.4, -0.2) is 72.3 Å². The topological polar surface area (TPSA) is 53.6 Å². The summed E-state index contributed by atoms with van der Waals surface area (Å²) >= 11 is 0. The van der Waals surface area contributed by atoms with Gasteiger partial charge in [0.25, 0.3) is 0 Å². The number of aromatic amines is 1. The molecule has 28 heavy (non-hydrogen) atoms. The van der Waals surface area contributed by atoms with Gasteiger partial charge < -0.3 is 14.5 Å². The van der Waals surface area contributed by atoms with Gasteiger partial charge >= 0.3 is 0 Å². The summed E-state index contributed by atoms with van der Waals surface area (Å²) in [5.74, 6) is 1.39. The van der Waals surface area contributed by atoms with E-state index in [1.54, 1.807) is 6.33 Å². The predicted octanol–water partition coefficient (Wildman–Crippen LogP) is 2.79. The first kappa shape index (κ1) is 18.2. The van der Waals surface area contributed by atoms with Gasteiger partial charge in [-0.1, -0.05) is 6.07 Å². The fourth-order valence-electron chi connectivity index (χ4n) is 5.00. The van der Waals surface area contributed by atoms with Gasteiger partial charge in [-0.2, -0.15) is 0 Å². The molecule has 2 fully saturated rings. The van der Waals surface area contributed by atoms with Gasteiger partial charge in [-0.15, -0.1) is 0 Å². The molecule has 3 aliphatic rings. The Labute approximate surface area is 166 Å². The summed E-state index contributed by atoms with van der Waals surface area (Å²) in [5.41, 5.74) is 4.10. The molecule has 3 aliphatic heterocycles. The summed E-state index contributed by atoms with van der Waals surface area (Å²) in [6.07, 6.45) is 7.36. The average molecular weight is 383 g/mol. The molecular weight excluding hydrogens is 352 g/mol. The number of H-pyrrole nitrogens is 1. The molecule has 2 atom stereocenters. The molecule has 0 aliphatic carbocycles. The van der Waals surface area contributed by atoms with Gasteiger partial charge in [0.1, 0.15) is 5.75 Å². The first-order valence-electron chi connectivity index (χ1n) is 10.7. The van der Waals surface area contributed by atoms with Gasteiger partial charge in [0.05, 0.1) is 26.1 Å². The van der Waals surface area contributed by atoms with Crippen molar-refractivity contribution in [3.8, 4) is 5.75 Å². The van der Waals surface area contributed by atoms with Crippen LogP contribution < -0.4 is 4.74 Å². The Kier molecular flexibility index (Phi) is 5.34. The fourth-order valence-corrected chi connectivity index (χ4v) is 5.00. The van der Waals surface area contributed by atoms with Crippen LogP contribution in [0, 0.1) is 0 Å². The number of hydrogen-bond acceptors (Lipinski definition) is 5. The van der Waals surface area contributed by atoms with Crippen molar-refractivity contribution in [3.63, 3.8) is 0 Å². The lowest BCUT2D eigenvalue weighted by molar-refractivity contribution is 0.0358. The molecule has 2 unspecified atom stereocenters. The number of rotatable bonds is 6. The third kappa shape index (κ3) is 3.69. The standard InChI is InChI=1S/C22H30N4O2/c1-3-22-19-13-17(28-10-2-6-25-8-11-27-12-9-25)4-5-18(19)20(15-26(22)7-1)21-14-23-16-24-21/h4-5,13-14,16,20,22H,1-3,6-12,15H2,(H,23,24).